The monoisotopic (exact) mass is 313 g/mol. The highest BCUT2D eigenvalue weighted by atomic mass is 16.6. The van der Waals surface area contributed by atoms with Crippen LogP contribution in [-0.2, 0) is 0 Å². The third-order valence-electron chi connectivity index (χ3n) is 4.11. The first-order valence-corrected chi connectivity index (χ1v) is 7.71. The van der Waals surface area contributed by atoms with Crippen molar-refractivity contribution in [3.05, 3.63) is 46.8 Å². The molecule has 0 saturated carbocycles. The van der Waals surface area contributed by atoms with E-state index in [-0.39, 0.29) is 11.5 Å². The van der Waals surface area contributed by atoms with Crippen LogP contribution in [0.25, 0.3) is 0 Å². The molecule has 1 aromatic carbocycles. The van der Waals surface area contributed by atoms with E-state index >= 15 is 0 Å². The minimum atomic E-state index is -0.404. The van der Waals surface area contributed by atoms with Gasteiger partial charge in [0.25, 0.3) is 0 Å². The number of anilines is 3. The molecule has 0 bridgehead atoms. The molecule has 0 amide bonds. The minimum Gasteiger partial charge on any atom is -0.351 e. The van der Waals surface area contributed by atoms with E-state index < -0.39 is 4.92 Å². The number of hydrogen-bond acceptors (Lipinski definition) is 6. The average molecular weight is 313 g/mol. The lowest BCUT2D eigenvalue weighted by molar-refractivity contribution is -0.383. The Balaban J connectivity index is 1.94. The first-order valence-electron chi connectivity index (χ1n) is 7.71. The van der Waals surface area contributed by atoms with Crippen LogP contribution in [0.15, 0.2) is 36.7 Å². The summed E-state index contributed by atoms with van der Waals surface area (Å²) in [6.45, 7) is 3.77. The first kappa shape index (κ1) is 15.2. The summed E-state index contributed by atoms with van der Waals surface area (Å²) in [6, 6.07) is 9.30. The minimum absolute atomic E-state index is 0.0640. The van der Waals surface area contributed by atoms with Crippen LogP contribution in [0.3, 0.4) is 0 Å². The van der Waals surface area contributed by atoms with Crippen molar-refractivity contribution in [3.8, 4) is 0 Å². The molecule has 2 aromatic rings. The molecule has 0 radical (unpaired) electrons. The number of aromatic nitrogens is 2. The quantitative estimate of drug-likeness (QED) is 0.688. The third-order valence-corrected chi connectivity index (χ3v) is 4.11. The lowest BCUT2D eigenvalue weighted by atomic mass is 9.99. The van der Waals surface area contributed by atoms with Crippen LogP contribution in [0, 0.1) is 16.0 Å². The summed E-state index contributed by atoms with van der Waals surface area (Å²) >= 11 is 0. The molecule has 1 aliphatic rings. The van der Waals surface area contributed by atoms with E-state index in [2.05, 4.69) is 22.2 Å². The van der Waals surface area contributed by atoms with Crippen LogP contribution >= 0.6 is 0 Å². The number of hydrogen-bond donors (Lipinski definition) is 1. The van der Waals surface area contributed by atoms with Crippen molar-refractivity contribution in [2.75, 3.05) is 23.3 Å². The van der Waals surface area contributed by atoms with Crippen LogP contribution in [-0.4, -0.2) is 28.0 Å². The molecule has 0 aliphatic carbocycles. The van der Waals surface area contributed by atoms with Crippen LogP contribution in [0.4, 0.5) is 23.0 Å². The molecule has 0 unspecified atom stereocenters. The lowest BCUT2D eigenvalue weighted by Crippen LogP contribution is -2.34. The van der Waals surface area contributed by atoms with Gasteiger partial charge in [0.05, 0.1) is 4.92 Å². The molecular formula is C16H19N5O2. The maximum atomic E-state index is 11.6. The van der Waals surface area contributed by atoms with Crippen LogP contribution < -0.4 is 10.2 Å². The number of nitrogens with zero attached hydrogens (tertiary/aromatic N) is 4. The molecule has 1 aliphatic heterocycles. The second kappa shape index (κ2) is 6.60. The average Bonchev–Trinajstić information content (AvgIpc) is 2.56. The fourth-order valence-electron chi connectivity index (χ4n) is 2.74. The molecule has 3 rings (SSSR count). The normalized spacial score (nSPS) is 15.4. The van der Waals surface area contributed by atoms with Gasteiger partial charge in [-0.15, -0.1) is 0 Å². The zero-order chi connectivity index (χ0) is 16.2. The number of benzene rings is 1. The molecule has 2 heterocycles. The van der Waals surface area contributed by atoms with E-state index in [1.165, 1.54) is 6.33 Å². The summed E-state index contributed by atoms with van der Waals surface area (Å²) < 4.78 is 0. The summed E-state index contributed by atoms with van der Waals surface area (Å²) in [5, 5.41) is 14.6. The smallest absolute Gasteiger partial charge is 0.351 e. The highest BCUT2D eigenvalue weighted by molar-refractivity contribution is 5.74. The van der Waals surface area contributed by atoms with Gasteiger partial charge in [0.1, 0.15) is 6.33 Å². The largest absolute Gasteiger partial charge is 0.353 e. The molecule has 1 fully saturated rings. The number of piperidine rings is 1. The van der Waals surface area contributed by atoms with Gasteiger partial charge in [0, 0.05) is 18.8 Å². The van der Waals surface area contributed by atoms with Crippen LogP contribution in [0.5, 0.6) is 0 Å². The molecular weight excluding hydrogens is 294 g/mol. The number of nitrogens with one attached hydrogen (secondary N) is 1. The van der Waals surface area contributed by atoms with Crippen molar-refractivity contribution in [2.45, 2.75) is 19.8 Å². The van der Waals surface area contributed by atoms with Crippen LogP contribution in [0.1, 0.15) is 19.8 Å². The summed E-state index contributed by atoms with van der Waals surface area (Å²) in [5.41, 5.74) is 0.693. The number of rotatable bonds is 4. The molecule has 7 heteroatoms. The molecule has 7 nitrogen and oxygen atoms in total. The summed E-state index contributed by atoms with van der Waals surface area (Å²) in [6.07, 6.45) is 3.41. The van der Waals surface area contributed by atoms with Crippen molar-refractivity contribution in [3.63, 3.8) is 0 Å². The summed E-state index contributed by atoms with van der Waals surface area (Å²) in [7, 11) is 0. The topological polar surface area (TPSA) is 84.2 Å². The van der Waals surface area contributed by atoms with E-state index in [0.29, 0.717) is 11.7 Å². The van der Waals surface area contributed by atoms with E-state index in [4.69, 9.17) is 0 Å². The van der Waals surface area contributed by atoms with E-state index in [1.807, 2.05) is 35.2 Å². The van der Waals surface area contributed by atoms with Gasteiger partial charge in [0.15, 0.2) is 0 Å². The third kappa shape index (κ3) is 3.39. The Labute approximate surface area is 134 Å². The Morgan fingerprint density at radius 1 is 1.22 bits per heavy atom. The maximum Gasteiger partial charge on any atom is 0.353 e. The van der Waals surface area contributed by atoms with E-state index in [1.54, 1.807) is 0 Å². The van der Waals surface area contributed by atoms with Gasteiger partial charge in [0.2, 0.25) is 11.6 Å². The Morgan fingerprint density at radius 2 is 1.91 bits per heavy atom. The zero-order valence-electron chi connectivity index (χ0n) is 13.0. The van der Waals surface area contributed by atoms with Gasteiger partial charge >= 0.3 is 5.69 Å². The molecule has 0 atom stereocenters. The lowest BCUT2D eigenvalue weighted by Gasteiger charge is -2.30. The molecule has 1 saturated heterocycles. The fraction of sp³-hybridized carbons (Fsp3) is 0.375. The maximum absolute atomic E-state index is 11.6. The van der Waals surface area contributed by atoms with Crippen molar-refractivity contribution in [1.82, 2.24) is 9.97 Å². The van der Waals surface area contributed by atoms with E-state index in [9.17, 15) is 10.1 Å². The summed E-state index contributed by atoms with van der Waals surface area (Å²) in [4.78, 5) is 21.4. The molecule has 1 aromatic heterocycles. The Morgan fingerprint density at radius 3 is 2.57 bits per heavy atom. The van der Waals surface area contributed by atoms with Crippen molar-refractivity contribution < 1.29 is 4.92 Å². The van der Waals surface area contributed by atoms with Gasteiger partial charge < -0.3 is 10.2 Å². The van der Waals surface area contributed by atoms with Gasteiger partial charge in [-0.05, 0) is 30.9 Å². The number of nitro groups is 1. The van der Waals surface area contributed by atoms with Gasteiger partial charge in [-0.25, -0.2) is 9.97 Å². The van der Waals surface area contributed by atoms with Gasteiger partial charge in [-0.2, -0.15) is 0 Å². The second-order valence-electron chi connectivity index (χ2n) is 5.81. The SMILES string of the molecule is CC1CCN(c2ncnc(Nc3ccccc3)c2[N+](=O)[O-])CC1. The first-order chi connectivity index (χ1) is 11.1. The van der Waals surface area contributed by atoms with Crippen molar-refractivity contribution in [1.29, 1.82) is 0 Å². The Kier molecular flexibility index (Phi) is 4.36. The van der Waals surface area contributed by atoms with Crippen LogP contribution in [0.2, 0.25) is 0 Å². The highest BCUT2D eigenvalue weighted by Gasteiger charge is 2.29. The van der Waals surface area contributed by atoms with Crippen molar-refractivity contribution >= 4 is 23.0 Å². The second-order valence-corrected chi connectivity index (χ2v) is 5.81. The van der Waals surface area contributed by atoms with Gasteiger partial charge in [-0.3, -0.25) is 10.1 Å². The molecule has 1 N–H and O–H groups in total. The van der Waals surface area contributed by atoms with Crippen molar-refractivity contribution in [2.24, 2.45) is 5.92 Å². The predicted molar refractivity (Wildman–Crippen MR) is 89.0 cm³/mol. The standard InChI is InChI=1S/C16H19N5O2/c1-12-7-9-20(10-8-12)16-14(21(22)23)15(17-11-18-16)19-13-5-3-2-4-6-13/h2-6,11-12H,7-10H2,1H3,(H,17,18,19). The Bertz CT molecular complexity index is 684. The predicted octanol–water partition coefficient (Wildman–Crippen LogP) is 3.36. The number of para-hydroxylation sites is 1. The zero-order valence-corrected chi connectivity index (χ0v) is 13.0. The Hall–Kier alpha value is -2.70. The summed E-state index contributed by atoms with van der Waals surface area (Å²) in [5.74, 6) is 1.27. The molecule has 23 heavy (non-hydrogen) atoms. The highest BCUT2D eigenvalue weighted by Crippen LogP contribution is 2.35. The molecule has 120 valence electrons. The van der Waals surface area contributed by atoms with Gasteiger partial charge in [-0.1, -0.05) is 25.1 Å². The molecule has 0 spiro atoms. The fourth-order valence-corrected chi connectivity index (χ4v) is 2.74. The van der Waals surface area contributed by atoms with E-state index in [0.717, 1.165) is 31.6 Å².